The molecule has 1 unspecified atom stereocenters. The van der Waals surface area contributed by atoms with Crippen LogP contribution in [0.15, 0.2) is 46.0 Å². The Labute approximate surface area is 168 Å². The van der Waals surface area contributed by atoms with Gasteiger partial charge in [-0.1, -0.05) is 35.9 Å². The van der Waals surface area contributed by atoms with Crippen molar-refractivity contribution in [1.82, 2.24) is 14.5 Å². The first-order valence-corrected chi connectivity index (χ1v) is 11.4. The average Bonchev–Trinajstić information content (AvgIpc) is 3.18. The van der Waals surface area contributed by atoms with Crippen molar-refractivity contribution in [1.29, 1.82) is 0 Å². The van der Waals surface area contributed by atoms with Gasteiger partial charge in [0.25, 0.3) is 10.0 Å². The molecule has 146 valence electrons. The number of piperazine rings is 1. The van der Waals surface area contributed by atoms with Gasteiger partial charge in [0.1, 0.15) is 4.21 Å². The van der Waals surface area contributed by atoms with Gasteiger partial charge in [0, 0.05) is 31.2 Å². The number of sulfonamides is 1. The van der Waals surface area contributed by atoms with Crippen LogP contribution in [0.3, 0.4) is 0 Å². The summed E-state index contributed by atoms with van der Waals surface area (Å²) in [5.41, 5.74) is 0.874. The number of hydrogen-bond acceptors (Lipinski definition) is 5. The van der Waals surface area contributed by atoms with Crippen LogP contribution in [0, 0.1) is 0 Å². The topological polar surface area (TPSA) is 69.7 Å². The van der Waals surface area contributed by atoms with E-state index in [-0.39, 0.29) is 18.5 Å². The van der Waals surface area contributed by atoms with Crippen LogP contribution in [-0.2, 0) is 14.8 Å². The Morgan fingerprint density at radius 2 is 1.89 bits per heavy atom. The number of nitrogens with one attached hydrogen (secondary N) is 1. The standard InChI is InChI=1S/C18H22ClN3O3S2/c1-14(15-5-2-3-6-16(15)19)20-17(23)13-21-8-10-22(11-9-21)27(24,25)18-7-4-12-26-18/h2-7,12,14H,8-11,13H2,1H3,(H,20,23). The number of amides is 1. The number of halogens is 1. The molecular formula is C18H22ClN3O3S2. The molecule has 9 heteroatoms. The average molecular weight is 428 g/mol. The number of nitrogens with zero attached hydrogens (tertiary/aromatic N) is 2. The summed E-state index contributed by atoms with van der Waals surface area (Å²) in [4.78, 5) is 14.3. The fourth-order valence-corrected chi connectivity index (χ4v) is 5.93. The predicted octanol–water partition coefficient (Wildman–Crippen LogP) is 2.59. The second-order valence-corrected chi connectivity index (χ2v) is 9.94. The Morgan fingerprint density at radius 3 is 2.52 bits per heavy atom. The van der Waals surface area contributed by atoms with E-state index in [4.69, 9.17) is 11.6 Å². The number of carbonyl (C=O) groups is 1. The fourth-order valence-electron chi connectivity index (χ4n) is 3.06. The van der Waals surface area contributed by atoms with Crippen molar-refractivity contribution in [2.24, 2.45) is 0 Å². The van der Waals surface area contributed by atoms with Crippen LogP contribution in [0.1, 0.15) is 18.5 Å². The molecule has 2 heterocycles. The van der Waals surface area contributed by atoms with Gasteiger partial charge in [-0.3, -0.25) is 9.69 Å². The predicted molar refractivity (Wildman–Crippen MR) is 108 cm³/mol. The molecule has 2 aromatic rings. The molecule has 1 aromatic heterocycles. The summed E-state index contributed by atoms with van der Waals surface area (Å²) < 4.78 is 26.9. The molecule has 0 radical (unpaired) electrons. The number of benzene rings is 1. The van der Waals surface area contributed by atoms with Crippen LogP contribution in [0.2, 0.25) is 5.02 Å². The summed E-state index contributed by atoms with van der Waals surface area (Å²) in [5, 5.41) is 5.33. The van der Waals surface area contributed by atoms with Crippen molar-refractivity contribution in [3.63, 3.8) is 0 Å². The summed E-state index contributed by atoms with van der Waals surface area (Å²) in [6, 6.07) is 10.6. The Bertz CT molecular complexity index is 879. The van der Waals surface area contributed by atoms with E-state index in [1.54, 1.807) is 23.6 Å². The SMILES string of the molecule is CC(NC(=O)CN1CCN(S(=O)(=O)c2cccs2)CC1)c1ccccc1Cl. The van der Waals surface area contributed by atoms with E-state index in [1.807, 2.05) is 30.0 Å². The van der Waals surface area contributed by atoms with Gasteiger partial charge >= 0.3 is 0 Å². The molecule has 1 saturated heterocycles. The summed E-state index contributed by atoms with van der Waals surface area (Å²) in [5.74, 6) is -0.100. The van der Waals surface area contributed by atoms with Crippen LogP contribution in [0.4, 0.5) is 0 Å². The van der Waals surface area contributed by atoms with Crippen LogP contribution in [0.5, 0.6) is 0 Å². The van der Waals surface area contributed by atoms with E-state index in [9.17, 15) is 13.2 Å². The molecule has 1 aromatic carbocycles. The zero-order valence-corrected chi connectivity index (χ0v) is 17.4. The minimum Gasteiger partial charge on any atom is -0.348 e. The second kappa shape index (κ2) is 8.70. The maximum atomic E-state index is 12.5. The number of carbonyl (C=O) groups excluding carboxylic acids is 1. The smallest absolute Gasteiger partial charge is 0.252 e. The van der Waals surface area contributed by atoms with Crippen LogP contribution in [0.25, 0.3) is 0 Å². The largest absolute Gasteiger partial charge is 0.348 e. The molecule has 1 atom stereocenters. The minimum absolute atomic E-state index is 0.100. The quantitative estimate of drug-likeness (QED) is 0.769. The van der Waals surface area contributed by atoms with Crippen LogP contribution < -0.4 is 5.32 Å². The molecule has 0 aliphatic carbocycles. The third-order valence-corrected chi connectivity index (χ3v) is 8.15. The summed E-state index contributed by atoms with van der Waals surface area (Å²) in [7, 11) is -3.42. The Kier molecular flexibility index (Phi) is 6.54. The Balaban J connectivity index is 1.50. The highest BCUT2D eigenvalue weighted by Crippen LogP contribution is 2.23. The highest BCUT2D eigenvalue weighted by Gasteiger charge is 2.29. The number of rotatable bonds is 6. The van der Waals surface area contributed by atoms with Crippen molar-refractivity contribution in [3.8, 4) is 0 Å². The highest BCUT2D eigenvalue weighted by molar-refractivity contribution is 7.91. The summed E-state index contributed by atoms with van der Waals surface area (Å²) >= 11 is 7.39. The molecule has 1 fully saturated rings. The van der Waals surface area contributed by atoms with Gasteiger partial charge in [-0.15, -0.1) is 11.3 Å². The van der Waals surface area contributed by atoms with Crippen molar-refractivity contribution in [2.45, 2.75) is 17.2 Å². The third kappa shape index (κ3) is 4.89. The van der Waals surface area contributed by atoms with Gasteiger partial charge in [-0.25, -0.2) is 8.42 Å². The molecule has 1 N–H and O–H groups in total. The third-order valence-electron chi connectivity index (χ3n) is 4.54. The minimum atomic E-state index is -3.42. The maximum absolute atomic E-state index is 12.5. The molecule has 0 saturated carbocycles. The Hall–Kier alpha value is -1.45. The fraction of sp³-hybridized carbons (Fsp3) is 0.389. The molecule has 0 spiro atoms. The van der Waals surface area contributed by atoms with Gasteiger partial charge in [0.2, 0.25) is 5.91 Å². The van der Waals surface area contributed by atoms with E-state index in [1.165, 1.54) is 15.6 Å². The van der Waals surface area contributed by atoms with Crippen LogP contribution in [-0.4, -0.2) is 56.3 Å². The van der Waals surface area contributed by atoms with Gasteiger partial charge in [-0.2, -0.15) is 4.31 Å². The molecule has 27 heavy (non-hydrogen) atoms. The molecule has 3 rings (SSSR count). The van der Waals surface area contributed by atoms with E-state index in [0.29, 0.717) is 35.4 Å². The van der Waals surface area contributed by atoms with Gasteiger partial charge in [0.05, 0.1) is 12.6 Å². The van der Waals surface area contributed by atoms with Gasteiger partial charge in [0.15, 0.2) is 0 Å². The number of thiophene rings is 1. The van der Waals surface area contributed by atoms with E-state index in [2.05, 4.69) is 5.32 Å². The normalized spacial score (nSPS) is 17.6. The first kappa shape index (κ1) is 20.3. The lowest BCUT2D eigenvalue weighted by Gasteiger charge is -2.33. The van der Waals surface area contributed by atoms with Crippen molar-refractivity contribution in [2.75, 3.05) is 32.7 Å². The monoisotopic (exact) mass is 427 g/mol. The first-order valence-electron chi connectivity index (χ1n) is 8.68. The molecule has 1 aliphatic rings. The van der Waals surface area contributed by atoms with E-state index >= 15 is 0 Å². The summed E-state index contributed by atoms with van der Waals surface area (Å²) in [6.07, 6.45) is 0. The highest BCUT2D eigenvalue weighted by atomic mass is 35.5. The second-order valence-electron chi connectivity index (χ2n) is 6.42. The van der Waals surface area contributed by atoms with E-state index in [0.717, 1.165) is 5.56 Å². The molecule has 1 aliphatic heterocycles. The van der Waals surface area contributed by atoms with Crippen molar-refractivity contribution in [3.05, 3.63) is 52.4 Å². The van der Waals surface area contributed by atoms with Crippen LogP contribution >= 0.6 is 22.9 Å². The number of hydrogen-bond donors (Lipinski definition) is 1. The Morgan fingerprint density at radius 1 is 1.19 bits per heavy atom. The summed E-state index contributed by atoms with van der Waals surface area (Å²) in [6.45, 7) is 3.95. The van der Waals surface area contributed by atoms with Crippen molar-refractivity contribution < 1.29 is 13.2 Å². The molecule has 6 nitrogen and oxygen atoms in total. The van der Waals surface area contributed by atoms with Gasteiger partial charge < -0.3 is 5.32 Å². The van der Waals surface area contributed by atoms with E-state index < -0.39 is 10.0 Å². The zero-order chi connectivity index (χ0) is 19.4. The molecule has 0 bridgehead atoms. The first-order chi connectivity index (χ1) is 12.9. The van der Waals surface area contributed by atoms with Crippen molar-refractivity contribution >= 4 is 38.9 Å². The lowest BCUT2D eigenvalue weighted by atomic mass is 10.1. The lowest BCUT2D eigenvalue weighted by molar-refractivity contribution is -0.123. The maximum Gasteiger partial charge on any atom is 0.252 e. The lowest BCUT2D eigenvalue weighted by Crippen LogP contribution is -2.51. The van der Waals surface area contributed by atoms with Gasteiger partial charge in [-0.05, 0) is 30.0 Å². The molecule has 1 amide bonds. The molecular weight excluding hydrogens is 406 g/mol. The zero-order valence-electron chi connectivity index (χ0n) is 15.0.